The summed E-state index contributed by atoms with van der Waals surface area (Å²) >= 11 is 1.85. The van der Waals surface area contributed by atoms with Crippen LogP contribution in [-0.4, -0.2) is 46.8 Å². The lowest BCUT2D eigenvalue weighted by Gasteiger charge is -2.16. The molecule has 0 fully saturated rings. The van der Waals surface area contributed by atoms with Crippen LogP contribution in [0.15, 0.2) is 4.34 Å². The van der Waals surface area contributed by atoms with Gasteiger partial charge in [0.15, 0.2) is 4.34 Å². The molecular weight excluding hydrogens is 279 g/mol. The van der Waals surface area contributed by atoms with Gasteiger partial charge in [-0.2, -0.15) is 13.2 Å². The normalized spacial score (nSPS) is 11.5. The highest BCUT2D eigenvalue weighted by molar-refractivity contribution is 8.01. The van der Waals surface area contributed by atoms with Gasteiger partial charge in [-0.1, -0.05) is 23.1 Å². The minimum absolute atomic E-state index is 0.107. The Balaban J connectivity index is 2.58. The Morgan fingerprint density at radius 2 is 2.18 bits per heavy atom. The molecule has 1 aromatic heterocycles. The van der Waals surface area contributed by atoms with Crippen LogP contribution in [0.5, 0.6) is 0 Å². The maximum atomic E-state index is 12.1. The van der Waals surface area contributed by atoms with Crippen molar-refractivity contribution in [1.29, 1.82) is 0 Å². The largest absolute Gasteiger partial charge is 0.481 e. The van der Waals surface area contributed by atoms with Gasteiger partial charge in [-0.05, 0) is 0 Å². The fourth-order valence-corrected chi connectivity index (χ4v) is 2.40. The van der Waals surface area contributed by atoms with Crippen molar-refractivity contribution in [2.24, 2.45) is 0 Å². The molecule has 0 unspecified atom stereocenters. The van der Waals surface area contributed by atoms with Crippen LogP contribution in [0.25, 0.3) is 0 Å². The van der Waals surface area contributed by atoms with Crippen LogP contribution in [0.4, 0.5) is 18.3 Å². The topological polar surface area (TPSA) is 66.3 Å². The number of carbonyl (C=O) groups is 1. The lowest BCUT2D eigenvalue weighted by atomic mass is 10.6. The molecule has 0 saturated heterocycles. The maximum absolute atomic E-state index is 12.1. The number of anilines is 1. The number of aliphatic carboxylic acids is 1. The number of carboxylic acid groups (broad SMARTS) is 1. The summed E-state index contributed by atoms with van der Waals surface area (Å²) in [6.45, 7) is -1.12. The molecule has 0 amide bonds. The number of aromatic nitrogens is 2. The predicted molar refractivity (Wildman–Crippen MR) is 57.6 cm³/mol. The molecule has 0 saturated carbocycles. The molecule has 0 aliphatic heterocycles. The summed E-state index contributed by atoms with van der Waals surface area (Å²) in [6.07, 6.45) is -4.31. The van der Waals surface area contributed by atoms with E-state index in [9.17, 15) is 18.0 Å². The van der Waals surface area contributed by atoms with E-state index in [0.717, 1.165) is 28.0 Å². The van der Waals surface area contributed by atoms with Gasteiger partial charge < -0.3 is 10.0 Å². The average molecular weight is 287 g/mol. The first-order valence-corrected chi connectivity index (χ1v) is 6.04. The highest BCUT2D eigenvalue weighted by Crippen LogP contribution is 2.28. The van der Waals surface area contributed by atoms with E-state index < -0.39 is 18.7 Å². The molecule has 1 aromatic rings. The lowest BCUT2D eigenvalue weighted by molar-refractivity contribution is -0.134. The Bertz CT molecular complexity index is 396. The van der Waals surface area contributed by atoms with Gasteiger partial charge in [0, 0.05) is 7.05 Å². The third-order valence-electron chi connectivity index (χ3n) is 1.46. The first-order valence-electron chi connectivity index (χ1n) is 4.24. The Hall–Kier alpha value is -1.03. The zero-order chi connectivity index (χ0) is 13.1. The van der Waals surface area contributed by atoms with Crippen LogP contribution in [0, 0.1) is 0 Å². The van der Waals surface area contributed by atoms with Crippen molar-refractivity contribution in [3.63, 3.8) is 0 Å². The molecule has 0 radical (unpaired) electrons. The molecule has 0 spiro atoms. The van der Waals surface area contributed by atoms with Crippen molar-refractivity contribution in [3.8, 4) is 0 Å². The van der Waals surface area contributed by atoms with E-state index in [2.05, 4.69) is 10.2 Å². The fourth-order valence-electron chi connectivity index (χ4n) is 0.875. The van der Waals surface area contributed by atoms with E-state index >= 15 is 0 Å². The van der Waals surface area contributed by atoms with Crippen LogP contribution in [0.1, 0.15) is 0 Å². The number of thioether (sulfide) groups is 1. The molecule has 1 rings (SSSR count). The Kier molecular flexibility index (Phi) is 4.57. The molecule has 0 aliphatic carbocycles. The number of carboxylic acids is 1. The van der Waals surface area contributed by atoms with Gasteiger partial charge in [0.2, 0.25) is 5.13 Å². The third kappa shape index (κ3) is 5.22. The van der Waals surface area contributed by atoms with Gasteiger partial charge in [0.25, 0.3) is 0 Å². The molecule has 10 heteroatoms. The van der Waals surface area contributed by atoms with E-state index in [0.29, 0.717) is 4.34 Å². The zero-order valence-corrected chi connectivity index (χ0v) is 10.2. The van der Waals surface area contributed by atoms with Crippen LogP contribution >= 0.6 is 23.1 Å². The third-order valence-corrected chi connectivity index (χ3v) is 3.61. The first kappa shape index (κ1) is 14.0. The van der Waals surface area contributed by atoms with Crippen molar-refractivity contribution in [2.45, 2.75) is 10.5 Å². The van der Waals surface area contributed by atoms with E-state index in [1.807, 2.05) is 0 Å². The van der Waals surface area contributed by atoms with Crippen LogP contribution in [0.3, 0.4) is 0 Å². The number of hydrogen-bond donors (Lipinski definition) is 1. The monoisotopic (exact) mass is 287 g/mol. The van der Waals surface area contributed by atoms with E-state index in [-0.39, 0.29) is 10.9 Å². The average Bonchev–Trinajstić information content (AvgIpc) is 2.60. The molecule has 5 nitrogen and oxygen atoms in total. The van der Waals surface area contributed by atoms with Crippen molar-refractivity contribution in [1.82, 2.24) is 10.2 Å². The Labute approximate surface area is 103 Å². The van der Waals surface area contributed by atoms with Crippen molar-refractivity contribution >= 4 is 34.2 Å². The first-order chi connectivity index (χ1) is 7.78. The molecular formula is C7H8F3N3O2S2. The summed E-state index contributed by atoms with van der Waals surface area (Å²) in [6, 6.07) is 0. The standard InChI is InChI=1S/C7H8F3N3O2S2/c1-13(3-7(8,9)10)5-11-12-6(17-5)16-2-4(14)15/h2-3H2,1H3,(H,14,15). The second kappa shape index (κ2) is 5.54. The minimum atomic E-state index is -4.31. The summed E-state index contributed by atoms with van der Waals surface area (Å²) in [5.41, 5.74) is 0. The molecule has 1 N–H and O–H groups in total. The van der Waals surface area contributed by atoms with Crippen molar-refractivity contribution < 1.29 is 23.1 Å². The van der Waals surface area contributed by atoms with Gasteiger partial charge >= 0.3 is 12.1 Å². The van der Waals surface area contributed by atoms with Gasteiger partial charge in [-0.3, -0.25) is 4.79 Å². The molecule has 0 aromatic carbocycles. The van der Waals surface area contributed by atoms with E-state index in [1.165, 1.54) is 7.05 Å². The zero-order valence-electron chi connectivity index (χ0n) is 8.56. The molecule has 0 atom stereocenters. The van der Waals surface area contributed by atoms with Crippen molar-refractivity contribution in [3.05, 3.63) is 0 Å². The van der Waals surface area contributed by atoms with Gasteiger partial charge in [-0.25, -0.2) is 0 Å². The second-order valence-electron chi connectivity index (χ2n) is 3.00. The SMILES string of the molecule is CN(CC(F)(F)F)c1nnc(SCC(=O)O)s1. The number of hydrogen-bond acceptors (Lipinski definition) is 6. The summed E-state index contributed by atoms with van der Waals surface area (Å²) in [4.78, 5) is 11.2. The predicted octanol–water partition coefficient (Wildman–Crippen LogP) is 1.71. The Morgan fingerprint density at radius 3 is 2.71 bits per heavy atom. The molecule has 1 heterocycles. The van der Waals surface area contributed by atoms with Gasteiger partial charge in [0.05, 0.1) is 5.75 Å². The quantitative estimate of drug-likeness (QED) is 0.832. The maximum Gasteiger partial charge on any atom is 0.405 e. The highest BCUT2D eigenvalue weighted by atomic mass is 32.2. The van der Waals surface area contributed by atoms with E-state index in [4.69, 9.17) is 5.11 Å². The highest BCUT2D eigenvalue weighted by Gasteiger charge is 2.30. The van der Waals surface area contributed by atoms with E-state index in [1.54, 1.807) is 0 Å². The molecule has 0 bridgehead atoms. The Morgan fingerprint density at radius 1 is 1.53 bits per heavy atom. The van der Waals surface area contributed by atoms with Crippen LogP contribution < -0.4 is 4.90 Å². The second-order valence-corrected chi connectivity index (χ2v) is 5.18. The summed E-state index contributed by atoms with van der Waals surface area (Å²) in [5.74, 6) is -1.21. The number of nitrogens with zero attached hydrogens (tertiary/aromatic N) is 3. The number of halogens is 3. The smallest absolute Gasteiger partial charge is 0.405 e. The summed E-state index contributed by atoms with van der Waals surface area (Å²) < 4.78 is 36.6. The molecule has 0 aliphatic rings. The fraction of sp³-hybridized carbons (Fsp3) is 0.571. The summed E-state index contributed by atoms with van der Waals surface area (Å²) in [7, 11) is 1.25. The molecule has 17 heavy (non-hydrogen) atoms. The lowest BCUT2D eigenvalue weighted by Crippen LogP contribution is -2.30. The minimum Gasteiger partial charge on any atom is -0.481 e. The van der Waals surface area contributed by atoms with Crippen molar-refractivity contribution in [2.75, 3.05) is 24.2 Å². The van der Waals surface area contributed by atoms with Gasteiger partial charge in [-0.15, -0.1) is 10.2 Å². The summed E-state index contributed by atoms with van der Waals surface area (Å²) in [5, 5.41) is 15.7. The number of alkyl halides is 3. The van der Waals surface area contributed by atoms with Crippen LogP contribution in [0.2, 0.25) is 0 Å². The van der Waals surface area contributed by atoms with Crippen LogP contribution in [-0.2, 0) is 4.79 Å². The molecule has 96 valence electrons. The number of rotatable bonds is 5. The van der Waals surface area contributed by atoms with Gasteiger partial charge in [0.1, 0.15) is 6.54 Å².